The third-order valence-electron chi connectivity index (χ3n) is 2.29. The number of phosphoric acid groups is 1. The van der Waals surface area contributed by atoms with Crippen molar-refractivity contribution in [2.24, 2.45) is 5.73 Å². The highest BCUT2D eigenvalue weighted by Gasteiger charge is 2.60. The van der Waals surface area contributed by atoms with E-state index in [1.807, 2.05) is 0 Å². The second kappa shape index (κ2) is 5.11. The lowest BCUT2D eigenvalue weighted by molar-refractivity contribution is -0.218. The molecular weight excluding hydrogens is 312 g/mol. The van der Waals surface area contributed by atoms with Crippen molar-refractivity contribution in [3.05, 3.63) is 0 Å². The first-order chi connectivity index (χ1) is 8.28. The summed E-state index contributed by atoms with van der Waals surface area (Å²) in [5.74, 6) is -5.50. The van der Waals surface area contributed by atoms with Crippen LogP contribution < -0.4 is 5.73 Å². The summed E-state index contributed by atoms with van der Waals surface area (Å²) in [6, 6.07) is 0. The van der Waals surface area contributed by atoms with Crippen LogP contribution in [0.3, 0.4) is 0 Å². The monoisotopic (exact) mass is 325 g/mol. The van der Waals surface area contributed by atoms with Gasteiger partial charge in [-0.25, -0.2) is 9.09 Å². The minimum absolute atomic E-state index is 2.10. The first kappa shape index (κ1) is 17.1. The molecular formula is C5H13NO11P2. The smallest absolute Gasteiger partial charge is 0.387 e. The molecule has 0 aromatic rings. The van der Waals surface area contributed by atoms with Crippen molar-refractivity contribution >= 4 is 15.4 Å². The van der Waals surface area contributed by atoms with Crippen molar-refractivity contribution in [3.63, 3.8) is 0 Å². The van der Waals surface area contributed by atoms with Gasteiger partial charge in [0.05, 0.1) is 0 Å². The van der Waals surface area contributed by atoms with Gasteiger partial charge in [-0.05, 0) is 0 Å². The maximum absolute atomic E-state index is 10.8. The van der Waals surface area contributed by atoms with Crippen LogP contribution in [0.15, 0.2) is 0 Å². The van der Waals surface area contributed by atoms with Gasteiger partial charge in [0.2, 0.25) is 0 Å². The van der Waals surface area contributed by atoms with Gasteiger partial charge in [-0.1, -0.05) is 0 Å². The molecule has 1 heterocycles. The molecule has 2 unspecified atom stereocenters. The predicted octanol–water partition coefficient (Wildman–Crippen LogP) is -3.68. The number of aliphatic hydroxyl groups is 3. The maximum atomic E-state index is 10.8. The molecule has 1 rings (SSSR count). The number of aliphatic hydroxyl groups excluding tert-OH is 3. The average molecular weight is 325 g/mol. The highest BCUT2D eigenvalue weighted by molar-refractivity contribution is 7.52. The summed E-state index contributed by atoms with van der Waals surface area (Å²) >= 11 is 0. The summed E-state index contributed by atoms with van der Waals surface area (Å²) in [4.78, 5) is 34.5. The van der Waals surface area contributed by atoms with Crippen molar-refractivity contribution in [1.29, 1.82) is 0 Å². The summed E-state index contributed by atoms with van der Waals surface area (Å²) in [6.07, 6.45) is -6.50. The van der Waals surface area contributed by atoms with Crippen LogP contribution >= 0.6 is 15.4 Å². The fraction of sp³-hybridized carbons (Fsp3) is 1.00. The second-order valence-corrected chi connectivity index (χ2v) is 6.69. The van der Waals surface area contributed by atoms with Crippen LogP contribution in [0.4, 0.5) is 0 Å². The molecule has 12 nitrogen and oxygen atoms in total. The van der Waals surface area contributed by atoms with Crippen molar-refractivity contribution in [2.75, 3.05) is 0 Å². The number of nitrogens with two attached hydrogens (primary N) is 1. The van der Waals surface area contributed by atoms with Crippen molar-refractivity contribution < 1.29 is 53.3 Å². The summed E-state index contributed by atoms with van der Waals surface area (Å²) < 4.78 is 29.8. The lowest BCUT2D eigenvalue weighted by Gasteiger charge is -2.27. The highest BCUT2D eigenvalue weighted by Crippen LogP contribution is 2.49. The molecule has 114 valence electrons. The molecule has 0 aliphatic carbocycles. The van der Waals surface area contributed by atoms with Gasteiger partial charge in [0, 0.05) is 0 Å². The summed E-state index contributed by atoms with van der Waals surface area (Å²) in [7, 11) is -10.4. The number of hydrogen-bond donors (Lipinski definition) is 8. The molecule has 1 aliphatic rings. The largest absolute Gasteiger partial charge is 0.473 e. The molecule has 0 bridgehead atoms. The predicted molar refractivity (Wildman–Crippen MR) is 55.0 cm³/mol. The van der Waals surface area contributed by atoms with E-state index in [1.165, 1.54) is 0 Å². The zero-order valence-corrected chi connectivity index (χ0v) is 10.8. The quantitative estimate of drug-likeness (QED) is 0.185. The zero-order chi connectivity index (χ0) is 15.2. The molecule has 14 heteroatoms. The third-order valence-corrected chi connectivity index (χ3v) is 3.80. The van der Waals surface area contributed by atoms with E-state index in [2.05, 4.69) is 9.26 Å². The van der Waals surface area contributed by atoms with E-state index in [9.17, 15) is 24.4 Å². The molecule has 0 spiro atoms. The number of rotatable bonds is 4. The fourth-order valence-corrected chi connectivity index (χ4v) is 2.60. The Labute approximate surface area is 105 Å². The maximum Gasteiger partial charge on any atom is 0.473 e. The van der Waals surface area contributed by atoms with Crippen molar-refractivity contribution in [2.45, 2.75) is 30.1 Å². The minimum Gasteiger partial charge on any atom is -0.387 e. The molecule has 5 atom stereocenters. The van der Waals surface area contributed by atoms with Gasteiger partial charge < -0.3 is 39.6 Å². The molecule has 0 radical (unpaired) electrons. The summed E-state index contributed by atoms with van der Waals surface area (Å²) in [5.41, 5.74) is 5.14. The van der Waals surface area contributed by atoms with E-state index < -0.39 is 45.5 Å². The van der Waals surface area contributed by atoms with Crippen LogP contribution in [0.1, 0.15) is 0 Å². The van der Waals surface area contributed by atoms with Gasteiger partial charge in [-0.2, -0.15) is 0 Å². The molecule has 19 heavy (non-hydrogen) atoms. The SMILES string of the molecule is NC1(OP(=O)(O)O)O[C@H](C(O)P(=O)(O)O)[C@@H](O)[C@H]1O. The standard InChI is InChI=1S/C5H13NO11P2/c6-5(17-19(13,14)15)3(8)1(7)2(16-5)4(9)18(10,11)12/h1-4,7-9H,6H2,(H2,10,11,12)(H2,13,14,15)/t1-,2+,3-,4?,5?/m1/s1. The molecule has 1 fully saturated rings. The van der Waals surface area contributed by atoms with E-state index in [1.54, 1.807) is 0 Å². The molecule has 0 saturated carbocycles. The normalized spacial score (nSPS) is 38.4. The van der Waals surface area contributed by atoms with Crippen LogP contribution in [0, 0.1) is 0 Å². The molecule has 9 N–H and O–H groups in total. The van der Waals surface area contributed by atoms with Gasteiger partial charge in [0.15, 0.2) is 11.9 Å². The first-order valence-corrected chi connectivity index (χ1v) is 7.81. The Morgan fingerprint density at radius 2 is 1.68 bits per heavy atom. The topological polar surface area (TPSA) is 220 Å². The first-order valence-electron chi connectivity index (χ1n) is 4.60. The van der Waals surface area contributed by atoms with E-state index in [-0.39, 0.29) is 0 Å². The van der Waals surface area contributed by atoms with Gasteiger partial charge in [0.25, 0.3) is 5.91 Å². The Hall–Kier alpha value is 0.0600. The Kier molecular flexibility index (Phi) is 4.61. The Morgan fingerprint density at radius 3 is 2.05 bits per heavy atom. The number of ether oxygens (including phenoxy) is 1. The third kappa shape index (κ3) is 3.79. The van der Waals surface area contributed by atoms with E-state index >= 15 is 0 Å². The van der Waals surface area contributed by atoms with Crippen molar-refractivity contribution in [3.8, 4) is 0 Å². The Morgan fingerprint density at radius 1 is 1.21 bits per heavy atom. The van der Waals surface area contributed by atoms with Crippen LogP contribution in [0.25, 0.3) is 0 Å². The average Bonchev–Trinajstić information content (AvgIpc) is 2.38. The molecule has 1 saturated heterocycles. The highest BCUT2D eigenvalue weighted by atomic mass is 31.2. The van der Waals surface area contributed by atoms with E-state index in [0.717, 1.165) is 0 Å². The van der Waals surface area contributed by atoms with Crippen LogP contribution in [0.5, 0.6) is 0 Å². The van der Waals surface area contributed by atoms with Crippen molar-refractivity contribution in [1.82, 2.24) is 0 Å². The van der Waals surface area contributed by atoms with E-state index in [0.29, 0.717) is 0 Å². The lowest BCUT2D eigenvalue weighted by Crippen LogP contribution is -2.52. The second-order valence-electron chi connectivity index (χ2n) is 3.82. The van der Waals surface area contributed by atoms with Gasteiger partial charge in [-0.15, -0.1) is 0 Å². The molecule has 0 amide bonds. The van der Waals surface area contributed by atoms with Gasteiger partial charge >= 0.3 is 15.4 Å². The van der Waals surface area contributed by atoms with Gasteiger partial charge in [-0.3, -0.25) is 10.3 Å². The van der Waals surface area contributed by atoms with Crippen LogP contribution in [0.2, 0.25) is 0 Å². The number of hydrogen-bond acceptors (Lipinski definition) is 8. The minimum atomic E-state index is -5.24. The summed E-state index contributed by atoms with van der Waals surface area (Å²) in [6.45, 7) is 0. The van der Waals surface area contributed by atoms with Crippen LogP contribution in [-0.4, -0.2) is 65.0 Å². The summed E-state index contributed by atoms with van der Waals surface area (Å²) in [5, 5.41) is 28.1. The Bertz CT molecular complexity index is 431. The van der Waals surface area contributed by atoms with E-state index in [4.69, 9.17) is 25.3 Å². The van der Waals surface area contributed by atoms with Crippen LogP contribution in [-0.2, 0) is 18.4 Å². The lowest BCUT2D eigenvalue weighted by atomic mass is 10.1. The Balaban J connectivity index is 2.99. The molecule has 0 aromatic heterocycles. The zero-order valence-electron chi connectivity index (χ0n) is 9.04. The number of phosphoric ester groups is 1. The fourth-order valence-electron chi connectivity index (χ4n) is 1.46. The molecule has 1 aliphatic heterocycles. The van der Waals surface area contributed by atoms with Gasteiger partial charge in [0.1, 0.15) is 12.2 Å². The molecule has 0 aromatic carbocycles.